The number of aryl methyl sites for hydroxylation is 1. The topological polar surface area (TPSA) is 86.8 Å². The van der Waals surface area contributed by atoms with Gasteiger partial charge in [-0.05, 0) is 61.6 Å². The van der Waals surface area contributed by atoms with E-state index in [9.17, 15) is 18.0 Å². The van der Waals surface area contributed by atoms with Crippen molar-refractivity contribution in [2.75, 3.05) is 23.9 Å². The van der Waals surface area contributed by atoms with Crippen LogP contribution in [0.15, 0.2) is 89.8 Å². The summed E-state index contributed by atoms with van der Waals surface area (Å²) in [5.41, 5.74) is 2.30. The molecule has 2 amide bonds. The molecule has 0 radical (unpaired) electrons. The van der Waals surface area contributed by atoms with Gasteiger partial charge in [0.2, 0.25) is 11.8 Å². The number of hydrogen-bond acceptors (Lipinski definition) is 4. The highest BCUT2D eigenvalue weighted by atomic mass is 32.2. The number of rotatable bonds is 14. The van der Waals surface area contributed by atoms with Crippen LogP contribution in [0.3, 0.4) is 0 Å². The number of anilines is 1. The summed E-state index contributed by atoms with van der Waals surface area (Å²) in [6.07, 6.45) is 2.74. The maximum atomic E-state index is 14.0. The van der Waals surface area contributed by atoms with Crippen molar-refractivity contribution in [1.29, 1.82) is 0 Å². The fourth-order valence-corrected chi connectivity index (χ4v) is 5.86. The smallest absolute Gasteiger partial charge is 0.264 e. The van der Waals surface area contributed by atoms with Gasteiger partial charge in [0, 0.05) is 13.1 Å². The first-order chi connectivity index (χ1) is 18.8. The van der Waals surface area contributed by atoms with Gasteiger partial charge in [0.05, 0.1) is 10.6 Å². The van der Waals surface area contributed by atoms with Crippen LogP contribution in [0, 0.1) is 6.92 Å². The summed E-state index contributed by atoms with van der Waals surface area (Å²) in [7, 11) is -4.05. The van der Waals surface area contributed by atoms with Crippen molar-refractivity contribution >= 4 is 27.5 Å². The number of nitrogens with one attached hydrogen (secondary N) is 1. The van der Waals surface area contributed by atoms with Crippen molar-refractivity contribution in [3.63, 3.8) is 0 Å². The highest BCUT2D eigenvalue weighted by Gasteiger charge is 2.33. The largest absolute Gasteiger partial charge is 0.354 e. The minimum Gasteiger partial charge on any atom is -0.354 e. The lowest BCUT2D eigenvalue weighted by atomic mass is 10.1. The lowest BCUT2D eigenvalue weighted by Gasteiger charge is -2.33. The Balaban J connectivity index is 1.97. The lowest BCUT2D eigenvalue weighted by Crippen LogP contribution is -2.53. The van der Waals surface area contributed by atoms with Crippen LogP contribution in [0.4, 0.5) is 5.69 Å². The summed E-state index contributed by atoms with van der Waals surface area (Å²) in [6.45, 7) is 6.19. The molecule has 0 aliphatic heterocycles. The SMILES string of the molecule is CCCCNC(=O)C(CC)N(CCc1ccccc1)C(=O)CN(c1cccc(C)c1)S(=O)(=O)c1ccccc1. The monoisotopic (exact) mass is 549 g/mol. The van der Waals surface area contributed by atoms with Crippen molar-refractivity contribution in [2.45, 2.75) is 57.4 Å². The molecule has 0 aliphatic rings. The number of sulfonamides is 1. The molecule has 0 spiro atoms. The number of hydrogen-bond donors (Lipinski definition) is 1. The Hall–Kier alpha value is -3.65. The molecule has 0 fully saturated rings. The number of benzene rings is 3. The molecule has 3 aromatic carbocycles. The third-order valence-electron chi connectivity index (χ3n) is 6.60. The normalized spacial score (nSPS) is 12.0. The quantitative estimate of drug-likeness (QED) is 0.288. The zero-order chi connectivity index (χ0) is 28.3. The van der Waals surface area contributed by atoms with E-state index in [0.29, 0.717) is 25.1 Å². The molecule has 3 aromatic rings. The minimum absolute atomic E-state index is 0.0968. The van der Waals surface area contributed by atoms with E-state index in [-0.39, 0.29) is 17.3 Å². The number of carbonyl (C=O) groups excluding carboxylic acids is 2. The van der Waals surface area contributed by atoms with Crippen LogP contribution in [0.2, 0.25) is 0 Å². The van der Waals surface area contributed by atoms with Gasteiger partial charge < -0.3 is 10.2 Å². The van der Waals surface area contributed by atoms with Gasteiger partial charge in [0.1, 0.15) is 12.6 Å². The highest BCUT2D eigenvalue weighted by molar-refractivity contribution is 7.92. The van der Waals surface area contributed by atoms with Gasteiger partial charge >= 0.3 is 0 Å². The Morgan fingerprint density at radius 1 is 0.897 bits per heavy atom. The summed E-state index contributed by atoms with van der Waals surface area (Å²) >= 11 is 0. The molecule has 39 heavy (non-hydrogen) atoms. The molecular formula is C31H39N3O4S. The maximum Gasteiger partial charge on any atom is 0.264 e. The second-order valence-corrected chi connectivity index (χ2v) is 11.4. The van der Waals surface area contributed by atoms with Crippen molar-refractivity contribution in [3.05, 3.63) is 96.1 Å². The van der Waals surface area contributed by atoms with Gasteiger partial charge in [-0.2, -0.15) is 0 Å². The lowest BCUT2D eigenvalue weighted by molar-refractivity contribution is -0.139. The highest BCUT2D eigenvalue weighted by Crippen LogP contribution is 2.25. The number of amides is 2. The van der Waals surface area contributed by atoms with Crippen molar-refractivity contribution in [3.8, 4) is 0 Å². The molecule has 8 heteroatoms. The van der Waals surface area contributed by atoms with Gasteiger partial charge in [-0.15, -0.1) is 0 Å². The Morgan fingerprint density at radius 3 is 2.18 bits per heavy atom. The fraction of sp³-hybridized carbons (Fsp3) is 0.355. The minimum atomic E-state index is -4.05. The van der Waals surface area contributed by atoms with Gasteiger partial charge in [-0.25, -0.2) is 8.42 Å². The standard InChI is InChI=1S/C31H39N3O4S/c1-4-6-21-32-31(36)29(5-2)33(22-20-26-15-9-7-10-16-26)30(35)24-34(27-17-13-14-25(3)23-27)39(37,38)28-18-11-8-12-19-28/h7-19,23,29H,4-6,20-22,24H2,1-3H3,(H,32,36). The van der Waals surface area contributed by atoms with Crippen molar-refractivity contribution in [1.82, 2.24) is 10.2 Å². The average Bonchev–Trinajstić information content (AvgIpc) is 2.94. The van der Waals surface area contributed by atoms with Crippen LogP contribution >= 0.6 is 0 Å². The van der Waals surface area contributed by atoms with E-state index in [0.717, 1.165) is 28.3 Å². The molecule has 0 bridgehead atoms. The van der Waals surface area contributed by atoms with Crippen LogP contribution < -0.4 is 9.62 Å². The van der Waals surface area contributed by atoms with Gasteiger partial charge in [0.15, 0.2) is 0 Å². The molecule has 1 unspecified atom stereocenters. The third kappa shape index (κ3) is 8.17. The number of carbonyl (C=O) groups is 2. The average molecular weight is 550 g/mol. The van der Waals surface area contributed by atoms with Gasteiger partial charge in [-0.3, -0.25) is 13.9 Å². The Bertz CT molecular complexity index is 1310. The first kappa shape index (κ1) is 29.9. The summed E-state index contributed by atoms with van der Waals surface area (Å²) < 4.78 is 28.8. The zero-order valence-corrected chi connectivity index (χ0v) is 23.9. The van der Waals surface area contributed by atoms with Gasteiger partial charge in [-0.1, -0.05) is 80.9 Å². The zero-order valence-electron chi connectivity index (χ0n) is 23.0. The second-order valence-electron chi connectivity index (χ2n) is 9.56. The van der Waals surface area contributed by atoms with E-state index >= 15 is 0 Å². The summed E-state index contributed by atoms with van der Waals surface area (Å²) in [5.74, 6) is -0.648. The van der Waals surface area contributed by atoms with Crippen molar-refractivity contribution in [2.24, 2.45) is 0 Å². The van der Waals surface area contributed by atoms with Crippen LogP contribution in [-0.2, 0) is 26.0 Å². The van der Waals surface area contributed by atoms with E-state index in [1.807, 2.05) is 57.2 Å². The van der Waals surface area contributed by atoms with Crippen LogP contribution in [0.5, 0.6) is 0 Å². The molecule has 7 nitrogen and oxygen atoms in total. The molecule has 1 atom stereocenters. The summed E-state index contributed by atoms with van der Waals surface area (Å²) in [4.78, 5) is 28.8. The molecule has 0 aromatic heterocycles. The number of unbranched alkanes of at least 4 members (excludes halogenated alkanes) is 1. The summed E-state index contributed by atoms with van der Waals surface area (Å²) in [5, 5.41) is 2.95. The maximum absolute atomic E-state index is 14.0. The van der Waals surface area contributed by atoms with E-state index in [4.69, 9.17) is 0 Å². The summed E-state index contributed by atoms with van der Waals surface area (Å²) in [6, 6.07) is 24.2. The van der Waals surface area contributed by atoms with Crippen LogP contribution in [-0.4, -0.2) is 50.8 Å². The Labute approximate surface area is 232 Å². The first-order valence-corrected chi connectivity index (χ1v) is 15.0. The first-order valence-electron chi connectivity index (χ1n) is 13.5. The van der Waals surface area contributed by atoms with E-state index in [1.165, 1.54) is 17.0 Å². The predicted molar refractivity (Wildman–Crippen MR) is 156 cm³/mol. The van der Waals surface area contributed by atoms with Crippen molar-refractivity contribution < 1.29 is 18.0 Å². The molecule has 0 aliphatic carbocycles. The van der Waals surface area contributed by atoms with Crippen LogP contribution in [0.1, 0.15) is 44.2 Å². The second kappa shape index (κ2) is 14.5. The van der Waals surface area contributed by atoms with E-state index in [2.05, 4.69) is 5.32 Å². The Morgan fingerprint density at radius 2 is 1.56 bits per heavy atom. The molecule has 0 saturated carbocycles. The molecular weight excluding hydrogens is 510 g/mol. The molecule has 3 rings (SSSR count). The number of nitrogens with zero attached hydrogens (tertiary/aromatic N) is 2. The molecule has 208 valence electrons. The molecule has 0 saturated heterocycles. The van der Waals surface area contributed by atoms with Gasteiger partial charge in [0.25, 0.3) is 10.0 Å². The fourth-order valence-electron chi connectivity index (χ4n) is 4.43. The Kier molecular flexibility index (Phi) is 11.1. The molecule has 0 heterocycles. The predicted octanol–water partition coefficient (Wildman–Crippen LogP) is 4.96. The third-order valence-corrected chi connectivity index (χ3v) is 8.39. The van der Waals surface area contributed by atoms with E-state index in [1.54, 1.807) is 36.4 Å². The molecule has 1 N–H and O–H groups in total. The van der Waals surface area contributed by atoms with Crippen LogP contribution in [0.25, 0.3) is 0 Å². The van der Waals surface area contributed by atoms with E-state index < -0.39 is 28.5 Å².